The van der Waals surface area contributed by atoms with Crippen LogP contribution in [-0.2, 0) is 0 Å². The predicted molar refractivity (Wildman–Crippen MR) is 74.8 cm³/mol. The monoisotopic (exact) mass is 251 g/mol. The van der Waals surface area contributed by atoms with E-state index in [1.54, 1.807) is 0 Å². The first kappa shape index (κ1) is 12.9. The summed E-state index contributed by atoms with van der Waals surface area (Å²) in [5.74, 6) is 1.30. The zero-order valence-electron chi connectivity index (χ0n) is 10.8. The number of hydrogen-bond donors (Lipinski definition) is 0. The van der Waals surface area contributed by atoms with Crippen LogP contribution < -0.4 is 0 Å². The third-order valence-corrected chi connectivity index (χ3v) is 4.01. The molecule has 0 saturated carbocycles. The van der Waals surface area contributed by atoms with Gasteiger partial charge in [-0.2, -0.15) is 0 Å². The Balaban J connectivity index is 2.13. The summed E-state index contributed by atoms with van der Waals surface area (Å²) in [4.78, 5) is 2.51. The van der Waals surface area contributed by atoms with Gasteiger partial charge in [-0.1, -0.05) is 38.1 Å². The van der Waals surface area contributed by atoms with E-state index in [1.807, 2.05) is 0 Å². The zero-order chi connectivity index (χ0) is 12.3. The summed E-state index contributed by atoms with van der Waals surface area (Å²) in [7, 11) is 0. The molecule has 1 aromatic carbocycles. The lowest BCUT2D eigenvalue weighted by molar-refractivity contribution is 0.266. The highest BCUT2D eigenvalue weighted by Crippen LogP contribution is 2.27. The van der Waals surface area contributed by atoms with E-state index in [9.17, 15) is 0 Å². The van der Waals surface area contributed by atoms with Crippen molar-refractivity contribution in [3.63, 3.8) is 0 Å². The molecular formula is C15H22ClN. The molecule has 1 nitrogen and oxygen atoms in total. The van der Waals surface area contributed by atoms with Crippen molar-refractivity contribution in [1.29, 1.82) is 0 Å². The SMILES string of the molecule is CC(C)c1ccc(C(CCl)N2CCCC2)cc1. The van der Waals surface area contributed by atoms with E-state index < -0.39 is 0 Å². The predicted octanol–water partition coefficient (Wildman–Crippen LogP) is 4.19. The van der Waals surface area contributed by atoms with Gasteiger partial charge in [0, 0.05) is 11.9 Å². The Labute approximate surface area is 110 Å². The maximum atomic E-state index is 6.14. The van der Waals surface area contributed by atoms with E-state index in [0.717, 1.165) is 0 Å². The molecule has 0 aliphatic carbocycles. The van der Waals surface area contributed by atoms with Crippen LogP contribution in [0.5, 0.6) is 0 Å². The summed E-state index contributed by atoms with van der Waals surface area (Å²) >= 11 is 6.14. The minimum absolute atomic E-state index is 0.403. The molecule has 1 unspecified atom stereocenters. The van der Waals surface area contributed by atoms with Crippen LogP contribution in [0.2, 0.25) is 0 Å². The molecule has 1 aromatic rings. The fourth-order valence-corrected chi connectivity index (χ4v) is 2.93. The fraction of sp³-hybridized carbons (Fsp3) is 0.600. The lowest BCUT2D eigenvalue weighted by atomic mass is 9.99. The maximum Gasteiger partial charge on any atom is 0.0483 e. The van der Waals surface area contributed by atoms with Crippen molar-refractivity contribution in [2.24, 2.45) is 0 Å². The molecule has 1 aliphatic heterocycles. The molecule has 1 saturated heterocycles. The molecule has 17 heavy (non-hydrogen) atoms. The van der Waals surface area contributed by atoms with Gasteiger partial charge in [-0.05, 0) is 43.0 Å². The van der Waals surface area contributed by atoms with Gasteiger partial charge in [0.1, 0.15) is 0 Å². The molecule has 0 aromatic heterocycles. The van der Waals surface area contributed by atoms with Crippen molar-refractivity contribution in [2.75, 3.05) is 19.0 Å². The van der Waals surface area contributed by atoms with Crippen LogP contribution in [-0.4, -0.2) is 23.9 Å². The standard InChI is InChI=1S/C15H22ClN/c1-12(2)13-5-7-14(8-6-13)15(11-16)17-9-3-4-10-17/h5-8,12,15H,3-4,9-11H2,1-2H3. The summed E-state index contributed by atoms with van der Waals surface area (Å²) in [6.07, 6.45) is 2.63. The third-order valence-electron chi connectivity index (χ3n) is 3.72. The number of halogens is 1. The lowest BCUT2D eigenvalue weighted by Crippen LogP contribution is -2.26. The van der Waals surface area contributed by atoms with E-state index >= 15 is 0 Å². The highest BCUT2D eigenvalue weighted by molar-refractivity contribution is 6.18. The van der Waals surface area contributed by atoms with E-state index in [-0.39, 0.29) is 0 Å². The molecule has 1 aliphatic rings. The van der Waals surface area contributed by atoms with E-state index in [0.29, 0.717) is 17.8 Å². The van der Waals surface area contributed by atoms with Crippen molar-refractivity contribution in [3.05, 3.63) is 35.4 Å². The first-order valence-corrected chi connectivity index (χ1v) is 7.15. The number of rotatable bonds is 4. The number of hydrogen-bond acceptors (Lipinski definition) is 1. The molecule has 2 heteroatoms. The molecule has 2 rings (SSSR count). The Hall–Kier alpha value is -0.530. The minimum Gasteiger partial charge on any atom is -0.295 e. The molecule has 1 heterocycles. The molecule has 0 radical (unpaired) electrons. The van der Waals surface area contributed by atoms with E-state index in [2.05, 4.69) is 43.0 Å². The van der Waals surface area contributed by atoms with Gasteiger partial charge in [0.15, 0.2) is 0 Å². The summed E-state index contributed by atoms with van der Waals surface area (Å²) in [6.45, 7) is 6.86. The van der Waals surface area contributed by atoms with Gasteiger partial charge >= 0.3 is 0 Å². The Morgan fingerprint density at radius 3 is 2.06 bits per heavy atom. The summed E-state index contributed by atoms with van der Waals surface area (Å²) in [6, 6.07) is 9.40. The Morgan fingerprint density at radius 1 is 1.06 bits per heavy atom. The van der Waals surface area contributed by atoms with Crippen LogP contribution in [0.3, 0.4) is 0 Å². The molecule has 1 fully saturated rings. The normalized spacial score (nSPS) is 18.8. The van der Waals surface area contributed by atoms with Crippen LogP contribution in [0.25, 0.3) is 0 Å². The summed E-state index contributed by atoms with van der Waals surface area (Å²) in [5, 5.41) is 0. The molecule has 0 N–H and O–H groups in total. The molecule has 0 spiro atoms. The van der Waals surface area contributed by atoms with Crippen molar-refractivity contribution < 1.29 is 0 Å². The second-order valence-corrected chi connectivity index (χ2v) is 5.54. The summed E-state index contributed by atoms with van der Waals surface area (Å²) in [5.41, 5.74) is 2.77. The summed E-state index contributed by atoms with van der Waals surface area (Å²) < 4.78 is 0. The Bertz CT molecular complexity index is 338. The fourth-order valence-electron chi connectivity index (χ4n) is 2.55. The quantitative estimate of drug-likeness (QED) is 0.726. The number of likely N-dealkylation sites (tertiary alicyclic amines) is 1. The highest BCUT2D eigenvalue weighted by atomic mass is 35.5. The third kappa shape index (κ3) is 3.02. The average Bonchev–Trinajstić information content (AvgIpc) is 2.84. The largest absolute Gasteiger partial charge is 0.295 e. The van der Waals surface area contributed by atoms with Crippen LogP contribution >= 0.6 is 11.6 Å². The first-order chi connectivity index (χ1) is 8.22. The Kier molecular flexibility index (Phi) is 4.47. The van der Waals surface area contributed by atoms with Gasteiger partial charge in [0.05, 0.1) is 0 Å². The average molecular weight is 252 g/mol. The van der Waals surface area contributed by atoms with Crippen LogP contribution in [0.15, 0.2) is 24.3 Å². The molecular weight excluding hydrogens is 230 g/mol. The van der Waals surface area contributed by atoms with Gasteiger partial charge in [-0.25, -0.2) is 0 Å². The van der Waals surface area contributed by atoms with Crippen molar-refractivity contribution in [1.82, 2.24) is 4.90 Å². The van der Waals surface area contributed by atoms with Crippen LogP contribution in [0, 0.1) is 0 Å². The highest BCUT2D eigenvalue weighted by Gasteiger charge is 2.22. The smallest absolute Gasteiger partial charge is 0.0483 e. The zero-order valence-corrected chi connectivity index (χ0v) is 11.6. The topological polar surface area (TPSA) is 3.24 Å². The van der Waals surface area contributed by atoms with Gasteiger partial charge in [0.25, 0.3) is 0 Å². The van der Waals surface area contributed by atoms with Gasteiger partial charge in [-0.3, -0.25) is 4.90 Å². The second kappa shape index (κ2) is 5.88. The molecule has 94 valence electrons. The number of benzene rings is 1. The molecule has 0 bridgehead atoms. The first-order valence-electron chi connectivity index (χ1n) is 6.62. The van der Waals surface area contributed by atoms with Crippen molar-refractivity contribution in [2.45, 2.75) is 38.6 Å². The second-order valence-electron chi connectivity index (χ2n) is 5.23. The molecule has 0 amide bonds. The van der Waals surface area contributed by atoms with Gasteiger partial charge in [0.2, 0.25) is 0 Å². The van der Waals surface area contributed by atoms with Gasteiger partial charge < -0.3 is 0 Å². The van der Waals surface area contributed by atoms with Crippen molar-refractivity contribution >= 4 is 11.6 Å². The van der Waals surface area contributed by atoms with E-state index in [4.69, 9.17) is 11.6 Å². The number of alkyl halides is 1. The van der Waals surface area contributed by atoms with Gasteiger partial charge in [-0.15, -0.1) is 11.6 Å². The minimum atomic E-state index is 0.403. The maximum absolute atomic E-state index is 6.14. The number of nitrogens with zero attached hydrogens (tertiary/aromatic N) is 1. The van der Waals surface area contributed by atoms with Crippen LogP contribution in [0.4, 0.5) is 0 Å². The van der Waals surface area contributed by atoms with Crippen LogP contribution in [0.1, 0.15) is 49.8 Å². The van der Waals surface area contributed by atoms with Crippen molar-refractivity contribution in [3.8, 4) is 0 Å². The Morgan fingerprint density at radius 2 is 1.59 bits per heavy atom. The molecule has 1 atom stereocenters. The lowest BCUT2D eigenvalue weighted by Gasteiger charge is -2.26. The van der Waals surface area contributed by atoms with E-state index in [1.165, 1.54) is 37.1 Å².